The predicted molar refractivity (Wildman–Crippen MR) is 193 cm³/mol. The van der Waals surface area contributed by atoms with Crippen molar-refractivity contribution in [3.05, 3.63) is 161 Å². The minimum absolute atomic E-state index is 0.233. The van der Waals surface area contributed by atoms with Gasteiger partial charge in [0.15, 0.2) is 4.80 Å². The number of carbonyl (C=O) groups excluding carboxylic acids is 1. The fourth-order valence-electron chi connectivity index (χ4n) is 6.60. The molecule has 0 bridgehead atoms. The number of para-hydroxylation sites is 1. The zero-order valence-corrected chi connectivity index (χ0v) is 28.7. The molecule has 246 valence electrons. The van der Waals surface area contributed by atoms with Crippen molar-refractivity contribution in [2.75, 3.05) is 12.4 Å². The lowest BCUT2D eigenvalue weighted by atomic mass is 9.95. The number of nitrogens with one attached hydrogen (secondary N) is 1. The number of carbonyl (C=O) groups is 1. The number of hydrogen-bond donors (Lipinski definition) is 1. The van der Waals surface area contributed by atoms with Crippen LogP contribution in [0, 0.1) is 26.6 Å². The molecule has 0 saturated carbocycles. The summed E-state index contributed by atoms with van der Waals surface area (Å²) in [6.45, 7) is 8.37. The molecule has 0 saturated heterocycles. The first-order chi connectivity index (χ1) is 23.6. The standard InChI is InChI=1S/C40H35FN4O3S/c1-23-10-19-33(24(2)20-23)43-38(46)36-25(3)42-40-45(37(36)28-13-17-30(48-5)18-14-28)39(47)35(49-40)21-32-26(4)44(34-9-7-6-8-31(32)34)22-27-11-15-29(41)16-12-27/h6-21,37H,22H2,1-5H3,(H,43,46)/b35-21-/t37-/m0/s1. The quantitative estimate of drug-likeness (QED) is 0.200. The highest BCUT2D eigenvalue weighted by atomic mass is 32.1. The van der Waals surface area contributed by atoms with Gasteiger partial charge in [-0.05, 0) is 86.9 Å². The Kier molecular flexibility index (Phi) is 8.38. The fraction of sp³-hybridized carbons (Fsp3) is 0.175. The van der Waals surface area contributed by atoms with Gasteiger partial charge in [0.25, 0.3) is 11.5 Å². The zero-order chi connectivity index (χ0) is 34.4. The molecule has 1 atom stereocenters. The number of nitrogens with zero attached hydrogens (tertiary/aromatic N) is 3. The molecule has 6 aromatic rings. The van der Waals surface area contributed by atoms with Crippen LogP contribution in [0.2, 0.25) is 0 Å². The number of rotatable bonds is 7. The Morgan fingerprint density at radius 1 is 0.980 bits per heavy atom. The summed E-state index contributed by atoms with van der Waals surface area (Å²) in [7, 11) is 1.60. The minimum Gasteiger partial charge on any atom is -0.497 e. The van der Waals surface area contributed by atoms with E-state index in [4.69, 9.17) is 9.73 Å². The molecule has 3 heterocycles. The predicted octanol–water partition coefficient (Wildman–Crippen LogP) is 6.95. The molecule has 1 N–H and O–H groups in total. The zero-order valence-electron chi connectivity index (χ0n) is 27.9. The van der Waals surface area contributed by atoms with E-state index >= 15 is 0 Å². The van der Waals surface area contributed by atoms with E-state index in [9.17, 15) is 14.0 Å². The number of aryl methyl sites for hydroxylation is 2. The first-order valence-corrected chi connectivity index (χ1v) is 16.8. The topological polar surface area (TPSA) is 77.6 Å². The molecule has 0 spiro atoms. The van der Waals surface area contributed by atoms with Gasteiger partial charge in [-0.25, -0.2) is 9.38 Å². The van der Waals surface area contributed by atoms with Crippen LogP contribution >= 0.6 is 11.3 Å². The second-order valence-electron chi connectivity index (χ2n) is 12.4. The van der Waals surface area contributed by atoms with Crippen LogP contribution in [0.4, 0.5) is 10.1 Å². The van der Waals surface area contributed by atoms with Crippen molar-refractivity contribution in [2.45, 2.75) is 40.3 Å². The average molecular weight is 671 g/mol. The number of benzene rings is 4. The minimum atomic E-state index is -0.712. The molecule has 9 heteroatoms. The van der Waals surface area contributed by atoms with Crippen molar-refractivity contribution < 1.29 is 13.9 Å². The third kappa shape index (κ3) is 5.91. The molecule has 0 fully saturated rings. The second kappa shape index (κ2) is 12.8. The van der Waals surface area contributed by atoms with E-state index in [1.807, 2.05) is 94.4 Å². The van der Waals surface area contributed by atoms with Gasteiger partial charge in [0.1, 0.15) is 11.6 Å². The number of methoxy groups -OCH3 is 1. The number of fused-ring (bicyclic) bond motifs is 2. The number of anilines is 1. The van der Waals surface area contributed by atoms with Crippen LogP contribution in [-0.4, -0.2) is 22.2 Å². The molecule has 1 aliphatic rings. The first-order valence-electron chi connectivity index (χ1n) is 16.0. The summed E-state index contributed by atoms with van der Waals surface area (Å²) in [6.07, 6.45) is 1.93. The Balaban J connectivity index is 1.37. The third-order valence-electron chi connectivity index (χ3n) is 9.14. The van der Waals surface area contributed by atoms with Gasteiger partial charge in [-0.1, -0.05) is 71.5 Å². The van der Waals surface area contributed by atoms with Crippen molar-refractivity contribution >= 4 is 39.9 Å². The molecule has 0 radical (unpaired) electrons. The van der Waals surface area contributed by atoms with Gasteiger partial charge in [0, 0.05) is 34.4 Å². The van der Waals surface area contributed by atoms with Gasteiger partial charge in [-0.3, -0.25) is 14.2 Å². The van der Waals surface area contributed by atoms with Crippen LogP contribution < -0.4 is 24.9 Å². The van der Waals surface area contributed by atoms with Crippen LogP contribution in [0.25, 0.3) is 17.0 Å². The van der Waals surface area contributed by atoms with Crippen molar-refractivity contribution in [2.24, 2.45) is 4.99 Å². The van der Waals surface area contributed by atoms with E-state index in [0.29, 0.717) is 38.6 Å². The highest BCUT2D eigenvalue weighted by Gasteiger charge is 2.33. The number of aromatic nitrogens is 2. The summed E-state index contributed by atoms with van der Waals surface area (Å²) >= 11 is 1.31. The van der Waals surface area contributed by atoms with Gasteiger partial charge in [0.05, 0.1) is 29.0 Å². The first kappa shape index (κ1) is 32.0. The summed E-state index contributed by atoms with van der Waals surface area (Å²) in [5.74, 6) is 0.0802. The molecule has 4 aromatic carbocycles. The monoisotopic (exact) mass is 670 g/mol. The third-order valence-corrected chi connectivity index (χ3v) is 10.1. The summed E-state index contributed by atoms with van der Waals surface area (Å²) in [6, 6.07) is 27.2. The lowest BCUT2D eigenvalue weighted by Crippen LogP contribution is -2.40. The molecular formula is C40H35FN4O3S. The number of amides is 1. The molecule has 7 rings (SSSR count). The molecule has 0 aliphatic carbocycles. The molecule has 0 unspecified atom stereocenters. The van der Waals surface area contributed by atoms with Crippen molar-refractivity contribution in [1.82, 2.24) is 9.13 Å². The van der Waals surface area contributed by atoms with Crippen LogP contribution in [0.5, 0.6) is 5.75 Å². The Morgan fingerprint density at radius 3 is 2.43 bits per heavy atom. The lowest BCUT2D eigenvalue weighted by molar-refractivity contribution is -0.113. The second-order valence-corrected chi connectivity index (χ2v) is 13.4. The Bertz CT molecular complexity index is 2470. The van der Waals surface area contributed by atoms with Gasteiger partial charge >= 0.3 is 0 Å². The van der Waals surface area contributed by atoms with E-state index in [2.05, 4.69) is 16.0 Å². The number of hydrogen-bond acceptors (Lipinski definition) is 5. The Hall–Kier alpha value is -5.54. The number of ether oxygens (including phenoxy) is 1. The SMILES string of the molecule is COc1ccc([C@H]2C(C(=O)Nc3ccc(C)cc3C)=C(C)N=c3s/c(=C\c4c(C)n(Cc5ccc(F)cc5)c5ccccc45)c(=O)n32)cc1. The lowest BCUT2D eigenvalue weighted by Gasteiger charge is -2.25. The molecule has 1 amide bonds. The van der Waals surface area contributed by atoms with Crippen molar-refractivity contribution in [1.29, 1.82) is 0 Å². The van der Waals surface area contributed by atoms with E-state index in [1.165, 1.54) is 23.5 Å². The smallest absolute Gasteiger partial charge is 0.271 e. The highest BCUT2D eigenvalue weighted by molar-refractivity contribution is 7.07. The Labute approximate surface area is 287 Å². The van der Waals surface area contributed by atoms with E-state index in [0.717, 1.165) is 44.4 Å². The number of thiazole rings is 1. The van der Waals surface area contributed by atoms with Crippen LogP contribution in [0.3, 0.4) is 0 Å². The maximum Gasteiger partial charge on any atom is 0.271 e. The van der Waals surface area contributed by atoms with Gasteiger partial charge in [0.2, 0.25) is 0 Å². The van der Waals surface area contributed by atoms with E-state index < -0.39 is 6.04 Å². The fourth-order valence-corrected chi connectivity index (χ4v) is 7.63. The number of halogens is 1. The molecule has 7 nitrogen and oxygen atoms in total. The largest absolute Gasteiger partial charge is 0.497 e. The summed E-state index contributed by atoms with van der Waals surface area (Å²) < 4.78 is 23.4. The van der Waals surface area contributed by atoms with E-state index in [-0.39, 0.29) is 17.3 Å². The molecule has 49 heavy (non-hydrogen) atoms. The summed E-state index contributed by atoms with van der Waals surface area (Å²) in [4.78, 5) is 33.9. The van der Waals surface area contributed by atoms with Gasteiger partial charge in [-0.15, -0.1) is 0 Å². The van der Waals surface area contributed by atoms with Crippen LogP contribution in [-0.2, 0) is 11.3 Å². The average Bonchev–Trinajstić information content (AvgIpc) is 3.54. The Morgan fingerprint density at radius 2 is 1.71 bits per heavy atom. The van der Waals surface area contributed by atoms with Gasteiger partial charge < -0.3 is 14.6 Å². The van der Waals surface area contributed by atoms with Crippen molar-refractivity contribution in [3.8, 4) is 5.75 Å². The number of allylic oxidation sites excluding steroid dienone is 1. The van der Waals surface area contributed by atoms with Crippen molar-refractivity contribution in [3.63, 3.8) is 0 Å². The van der Waals surface area contributed by atoms with Crippen LogP contribution in [0.15, 0.2) is 112 Å². The van der Waals surface area contributed by atoms with E-state index in [1.54, 1.807) is 23.8 Å². The normalized spacial score (nSPS) is 14.6. The van der Waals surface area contributed by atoms with Gasteiger partial charge in [-0.2, -0.15) is 0 Å². The maximum absolute atomic E-state index is 14.5. The maximum atomic E-state index is 14.5. The molecule has 1 aliphatic heterocycles. The van der Waals surface area contributed by atoms with Crippen LogP contribution in [0.1, 0.15) is 46.5 Å². The summed E-state index contributed by atoms with van der Waals surface area (Å²) in [5.41, 5.74) is 8.11. The summed E-state index contributed by atoms with van der Waals surface area (Å²) in [5, 5.41) is 4.09. The molecular weight excluding hydrogens is 636 g/mol. The molecule has 2 aromatic heterocycles. The highest BCUT2D eigenvalue weighted by Crippen LogP contribution is 2.33.